The van der Waals surface area contributed by atoms with Crippen molar-refractivity contribution in [1.29, 1.82) is 0 Å². The van der Waals surface area contributed by atoms with E-state index in [1.54, 1.807) is 0 Å². The Hall–Kier alpha value is -2.02. The third-order valence-corrected chi connectivity index (χ3v) is 3.44. The average molecular weight is 292 g/mol. The predicted molar refractivity (Wildman–Crippen MR) is 78.2 cm³/mol. The fraction of sp³-hybridized carbons (Fsp3) is 0.385. The van der Waals surface area contributed by atoms with Crippen LogP contribution in [0.4, 0.5) is 5.13 Å². The number of thiazole rings is 1. The zero-order valence-corrected chi connectivity index (χ0v) is 12.6. The predicted octanol–water partition coefficient (Wildman–Crippen LogP) is 1.79. The molecule has 2 aromatic rings. The van der Waals surface area contributed by atoms with Crippen molar-refractivity contribution in [2.75, 3.05) is 5.32 Å². The van der Waals surface area contributed by atoms with Crippen LogP contribution in [0.2, 0.25) is 0 Å². The lowest BCUT2D eigenvalue weighted by atomic mass is 9.93. The minimum absolute atomic E-state index is 0.0611. The van der Waals surface area contributed by atoms with E-state index in [-0.39, 0.29) is 22.6 Å². The van der Waals surface area contributed by atoms with Gasteiger partial charge in [-0.15, -0.1) is 11.3 Å². The minimum Gasteiger partial charge on any atom is -0.296 e. The molecular formula is C13H16N4O2S. The Balaban J connectivity index is 2.17. The lowest BCUT2D eigenvalue weighted by Gasteiger charge is -2.14. The van der Waals surface area contributed by atoms with Crippen molar-refractivity contribution in [2.45, 2.75) is 26.2 Å². The highest BCUT2D eigenvalue weighted by Crippen LogP contribution is 2.26. The van der Waals surface area contributed by atoms with E-state index in [0.717, 1.165) is 10.4 Å². The summed E-state index contributed by atoms with van der Waals surface area (Å²) in [5.74, 6) is -0.379. The maximum Gasteiger partial charge on any atom is 0.277 e. The van der Waals surface area contributed by atoms with Crippen LogP contribution in [-0.4, -0.2) is 20.7 Å². The number of anilines is 1. The highest BCUT2D eigenvalue weighted by molar-refractivity contribution is 7.14. The smallest absolute Gasteiger partial charge is 0.277 e. The molecule has 0 aliphatic rings. The fourth-order valence-corrected chi connectivity index (χ4v) is 2.39. The van der Waals surface area contributed by atoms with Crippen LogP contribution < -0.4 is 10.9 Å². The van der Waals surface area contributed by atoms with Crippen molar-refractivity contribution in [3.8, 4) is 0 Å². The average Bonchev–Trinajstić information content (AvgIpc) is 2.81. The molecule has 2 heterocycles. The molecule has 2 rings (SSSR count). The Labute approximate surface area is 120 Å². The molecule has 0 atom stereocenters. The van der Waals surface area contributed by atoms with Crippen molar-refractivity contribution in [1.82, 2.24) is 14.8 Å². The molecule has 0 bridgehead atoms. The normalized spacial score (nSPS) is 11.4. The topological polar surface area (TPSA) is 76.9 Å². The van der Waals surface area contributed by atoms with Gasteiger partial charge in [0.1, 0.15) is 5.69 Å². The monoisotopic (exact) mass is 292 g/mol. The molecule has 106 valence electrons. The molecule has 1 amide bonds. The highest BCUT2D eigenvalue weighted by atomic mass is 32.1. The van der Waals surface area contributed by atoms with Gasteiger partial charge in [0.25, 0.3) is 11.5 Å². The molecule has 6 nitrogen and oxygen atoms in total. The molecule has 7 heteroatoms. The SMILES string of the molecule is Cn1nc(C(=O)Nc2nc(C(C)(C)C)cs2)ccc1=O. The largest absolute Gasteiger partial charge is 0.296 e. The third-order valence-electron chi connectivity index (χ3n) is 2.69. The van der Waals surface area contributed by atoms with Crippen molar-refractivity contribution >= 4 is 22.4 Å². The van der Waals surface area contributed by atoms with Gasteiger partial charge < -0.3 is 0 Å². The van der Waals surface area contributed by atoms with Crippen LogP contribution in [0.15, 0.2) is 22.3 Å². The van der Waals surface area contributed by atoms with Crippen LogP contribution in [0.3, 0.4) is 0 Å². The van der Waals surface area contributed by atoms with Crippen LogP contribution in [0.1, 0.15) is 37.0 Å². The molecule has 0 saturated carbocycles. The molecule has 0 spiro atoms. The molecule has 0 fully saturated rings. The van der Waals surface area contributed by atoms with E-state index >= 15 is 0 Å². The van der Waals surface area contributed by atoms with Crippen molar-refractivity contribution in [2.24, 2.45) is 7.05 Å². The van der Waals surface area contributed by atoms with Crippen LogP contribution >= 0.6 is 11.3 Å². The number of hydrogen-bond donors (Lipinski definition) is 1. The number of hydrogen-bond acceptors (Lipinski definition) is 5. The van der Waals surface area contributed by atoms with E-state index in [4.69, 9.17) is 0 Å². The Kier molecular flexibility index (Phi) is 3.71. The number of carbonyl (C=O) groups is 1. The van der Waals surface area contributed by atoms with Crippen molar-refractivity contribution in [3.05, 3.63) is 39.3 Å². The van der Waals surface area contributed by atoms with E-state index in [9.17, 15) is 9.59 Å². The first-order valence-corrected chi connectivity index (χ1v) is 6.97. The van der Waals surface area contributed by atoms with Crippen molar-refractivity contribution < 1.29 is 4.79 Å². The first kappa shape index (κ1) is 14.4. The summed E-state index contributed by atoms with van der Waals surface area (Å²) in [5.41, 5.74) is 0.783. The van der Waals surface area contributed by atoms with Gasteiger partial charge in [-0.1, -0.05) is 20.8 Å². The Morgan fingerprint density at radius 3 is 2.60 bits per heavy atom. The number of nitrogens with zero attached hydrogens (tertiary/aromatic N) is 3. The summed E-state index contributed by atoms with van der Waals surface area (Å²) in [5, 5.41) is 9.03. The summed E-state index contributed by atoms with van der Waals surface area (Å²) in [7, 11) is 1.50. The van der Waals surface area contributed by atoms with E-state index < -0.39 is 0 Å². The first-order chi connectivity index (χ1) is 9.27. The van der Waals surface area contributed by atoms with E-state index in [2.05, 4.69) is 36.2 Å². The van der Waals surface area contributed by atoms with Gasteiger partial charge in [0.15, 0.2) is 5.13 Å². The summed E-state index contributed by atoms with van der Waals surface area (Å²) in [6.07, 6.45) is 0. The van der Waals surface area contributed by atoms with Crippen molar-refractivity contribution in [3.63, 3.8) is 0 Å². The number of nitrogens with one attached hydrogen (secondary N) is 1. The molecule has 1 N–H and O–H groups in total. The first-order valence-electron chi connectivity index (χ1n) is 6.09. The number of aromatic nitrogens is 3. The zero-order chi connectivity index (χ0) is 14.9. The lowest BCUT2D eigenvalue weighted by Crippen LogP contribution is -2.23. The molecule has 2 aromatic heterocycles. The molecular weight excluding hydrogens is 276 g/mol. The maximum absolute atomic E-state index is 12.0. The number of amides is 1. The molecule has 0 aromatic carbocycles. The van der Waals surface area contributed by atoms with Crippen LogP contribution in [0.25, 0.3) is 0 Å². The second-order valence-electron chi connectivity index (χ2n) is 5.42. The van der Waals surface area contributed by atoms with Gasteiger partial charge in [-0.25, -0.2) is 9.67 Å². The standard InChI is InChI=1S/C13H16N4O2S/c1-13(2,3)9-7-20-12(14-9)15-11(19)8-5-6-10(18)17(4)16-8/h5-7H,1-4H3,(H,14,15,19). The van der Waals surface area contributed by atoms with Gasteiger partial charge >= 0.3 is 0 Å². The molecule has 20 heavy (non-hydrogen) atoms. The molecule has 0 saturated heterocycles. The highest BCUT2D eigenvalue weighted by Gasteiger charge is 2.18. The fourth-order valence-electron chi connectivity index (χ4n) is 1.46. The summed E-state index contributed by atoms with van der Waals surface area (Å²) in [6.45, 7) is 6.17. The Morgan fingerprint density at radius 2 is 2.05 bits per heavy atom. The number of aryl methyl sites for hydroxylation is 1. The second-order valence-corrected chi connectivity index (χ2v) is 6.28. The zero-order valence-electron chi connectivity index (χ0n) is 11.8. The van der Waals surface area contributed by atoms with Gasteiger partial charge in [-0.2, -0.15) is 5.10 Å². The van der Waals surface area contributed by atoms with Gasteiger partial charge in [0.2, 0.25) is 0 Å². The second kappa shape index (κ2) is 5.16. The summed E-state index contributed by atoms with van der Waals surface area (Å²) in [4.78, 5) is 27.6. The van der Waals surface area contributed by atoms with Gasteiger partial charge in [0.05, 0.1) is 5.69 Å². The maximum atomic E-state index is 12.0. The molecule has 0 unspecified atom stereocenters. The van der Waals surface area contributed by atoms with Gasteiger partial charge in [-0.05, 0) is 6.07 Å². The van der Waals surface area contributed by atoms with E-state index in [1.165, 1.54) is 30.5 Å². The number of carbonyl (C=O) groups excluding carboxylic acids is 1. The quantitative estimate of drug-likeness (QED) is 0.915. The van der Waals surface area contributed by atoms with Gasteiger partial charge in [0, 0.05) is 23.9 Å². The number of rotatable bonds is 2. The molecule has 0 aliphatic carbocycles. The lowest BCUT2D eigenvalue weighted by molar-refractivity contribution is 0.102. The summed E-state index contributed by atoms with van der Waals surface area (Å²) in [6, 6.07) is 2.71. The minimum atomic E-state index is -0.379. The molecule has 0 radical (unpaired) electrons. The van der Waals surface area contributed by atoms with E-state index in [0.29, 0.717) is 5.13 Å². The van der Waals surface area contributed by atoms with E-state index in [1.807, 2.05) is 5.38 Å². The van der Waals surface area contributed by atoms with Crippen LogP contribution in [0.5, 0.6) is 0 Å². The summed E-state index contributed by atoms with van der Waals surface area (Å²) >= 11 is 1.37. The third kappa shape index (κ3) is 3.11. The van der Waals surface area contributed by atoms with Crippen LogP contribution in [-0.2, 0) is 12.5 Å². The van der Waals surface area contributed by atoms with Crippen LogP contribution in [0, 0.1) is 0 Å². The summed E-state index contributed by atoms with van der Waals surface area (Å²) < 4.78 is 1.12. The Morgan fingerprint density at radius 1 is 1.35 bits per heavy atom. The van der Waals surface area contributed by atoms with Gasteiger partial charge in [-0.3, -0.25) is 14.9 Å². The molecule has 0 aliphatic heterocycles. The Bertz CT molecular complexity index is 697.